The van der Waals surface area contributed by atoms with Crippen molar-refractivity contribution >= 4 is 23.4 Å². The molecule has 5 heteroatoms. The maximum absolute atomic E-state index is 12.3. The van der Waals surface area contributed by atoms with Crippen LogP contribution in [0.3, 0.4) is 0 Å². The van der Waals surface area contributed by atoms with Gasteiger partial charge < -0.3 is 5.32 Å². The van der Waals surface area contributed by atoms with Crippen molar-refractivity contribution in [3.8, 4) is 0 Å². The minimum atomic E-state index is -0.166. The number of carbonyl (C=O) groups is 3. The van der Waals surface area contributed by atoms with Crippen LogP contribution in [0.25, 0.3) is 0 Å². The molecule has 5 nitrogen and oxygen atoms in total. The molecule has 0 spiro atoms. The lowest BCUT2D eigenvalue weighted by Crippen LogP contribution is -2.28. The first-order valence-electron chi connectivity index (χ1n) is 8.39. The number of likely N-dealkylation sites (tertiary alicyclic amines) is 1. The van der Waals surface area contributed by atoms with Gasteiger partial charge in [0.25, 0.3) is 5.91 Å². The minimum absolute atomic E-state index is 0.127. The van der Waals surface area contributed by atoms with E-state index in [4.69, 9.17) is 0 Å². The summed E-state index contributed by atoms with van der Waals surface area (Å²) in [4.78, 5) is 36.8. The highest BCUT2D eigenvalue weighted by atomic mass is 16.2. The van der Waals surface area contributed by atoms with Crippen LogP contribution in [-0.2, 0) is 22.6 Å². The summed E-state index contributed by atoms with van der Waals surface area (Å²) < 4.78 is 0. The summed E-state index contributed by atoms with van der Waals surface area (Å²) in [7, 11) is 0. The van der Waals surface area contributed by atoms with Gasteiger partial charge in [-0.3, -0.25) is 19.3 Å². The minimum Gasteiger partial charge on any atom is -0.322 e. The molecular weight excluding hydrogens is 316 g/mol. The number of carbonyl (C=O) groups excluding carboxylic acids is 3. The standard InChI is InChI=1S/C20H20N2O3/c1-2-14-3-7-16(8-4-14)20(25)21-17-9-5-15(6-10-17)13-22-18(23)11-12-19(22)24/h3-10H,2,11-13H2,1H3,(H,21,25). The van der Waals surface area contributed by atoms with E-state index in [0.29, 0.717) is 24.1 Å². The number of hydrogen-bond acceptors (Lipinski definition) is 3. The highest BCUT2D eigenvalue weighted by molar-refractivity contribution is 6.04. The second-order valence-corrected chi connectivity index (χ2v) is 6.08. The van der Waals surface area contributed by atoms with Crippen molar-refractivity contribution in [1.82, 2.24) is 4.90 Å². The summed E-state index contributed by atoms with van der Waals surface area (Å²) in [5.74, 6) is -0.420. The molecule has 0 bridgehead atoms. The zero-order valence-corrected chi connectivity index (χ0v) is 14.1. The van der Waals surface area contributed by atoms with Gasteiger partial charge in [-0.2, -0.15) is 0 Å². The van der Waals surface area contributed by atoms with Crippen molar-refractivity contribution in [3.05, 3.63) is 65.2 Å². The summed E-state index contributed by atoms with van der Waals surface area (Å²) in [6, 6.07) is 14.7. The molecule has 1 aliphatic heterocycles. The van der Waals surface area contributed by atoms with E-state index < -0.39 is 0 Å². The molecule has 3 rings (SSSR count). The molecule has 0 radical (unpaired) electrons. The monoisotopic (exact) mass is 336 g/mol. The molecule has 25 heavy (non-hydrogen) atoms. The van der Waals surface area contributed by atoms with E-state index in [1.54, 1.807) is 12.1 Å². The summed E-state index contributed by atoms with van der Waals surface area (Å²) >= 11 is 0. The van der Waals surface area contributed by atoms with E-state index in [-0.39, 0.29) is 24.3 Å². The third-order valence-corrected chi connectivity index (χ3v) is 4.33. The topological polar surface area (TPSA) is 66.5 Å². The van der Waals surface area contributed by atoms with Crippen LogP contribution >= 0.6 is 0 Å². The van der Waals surface area contributed by atoms with Crippen molar-refractivity contribution in [2.45, 2.75) is 32.7 Å². The molecule has 3 amide bonds. The van der Waals surface area contributed by atoms with Gasteiger partial charge in [0.05, 0.1) is 6.54 Å². The van der Waals surface area contributed by atoms with E-state index in [2.05, 4.69) is 12.2 Å². The second-order valence-electron chi connectivity index (χ2n) is 6.08. The van der Waals surface area contributed by atoms with Gasteiger partial charge in [0.2, 0.25) is 11.8 Å². The van der Waals surface area contributed by atoms with Crippen LogP contribution < -0.4 is 5.32 Å². The zero-order valence-electron chi connectivity index (χ0n) is 14.1. The molecule has 2 aromatic rings. The van der Waals surface area contributed by atoms with Crippen LogP contribution in [0, 0.1) is 0 Å². The Labute approximate surface area is 146 Å². The van der Waals surface area contributed by atoms with Crippen molar-refractivity contribution in [3.63, 3.8) is 0 Å². The van der Waals surface area contributed by atoms with E-state index in [0.717, 1.165) is 12.0 Å². The molecule has 1 aliphatic rings. The number of aryl methyl sites for hydroxylation is 1. The van der Waals surface area contributed by atoms with Gasteiger partial charge in [-0.15, -0.1) is 0 Å². The van der Waals surface area contributed by atoms with E-state index in [1.807, 2.05) is 36.4 Å². The number of amides is 3. The summed E-state index contributed by atoms with van der Waals surface area (Å²) in [6.07, 6.45) is 1.53. The highest BCUT2D eigenvalue weighted by Crippen LogP contribution is 2.18. The predicted molar refractivity (Wildman–Crippen MR) is 95.0 cm³/mol. The summed E-state index contributed by atoms with van der Waals surface area (Å²) in [5, 5.41) is 2.85. The number of rotatable bonds is 5. The Morgan fingerprint density at radius 3 is 2.04 bits per heavy atom. The summed E-state index contributed by atoms with van der Waals surface area (Å²) in [5.41, 5.74) is 3.32. The number of hydrogen-bond donors (Lipinski definition) is 1. The van der Waals surface area contributed by atoms with Gasteiger partial charge >= 0.3 is 0 Å². The number of nitrogens with one attached hydrogen (secondary N) is 1. The van der Waals surface area contributed by atoms with Gasteiger partial charge in [-0.05, 0) is 41.8 Å². The van der Waals surface area contributed by atoms with E-state index >= 15 is 0 Å². The Bertz CT molecular complexity index is 779. The summed E-state index contributed by atoms with van der Waals surface area (Å²) in [6.45, 7) is 2.35. The van der Waals surface area contributed by atoms with Crippen LogP contribution in [0.5, 0.6) is 0 Å². The van der Waals surface area contributed by atoms with Gasteiger partial charge in [-0.1, -0.05) is 31.2 Å². The normalized spacial score (nSPS) is 14.0. The van der Waals surface area contributed by atoms with Gasteiger partial charge in [0, 0.05) is 24.1 Å². The van der Waals surface area contributed by atoms with Gasteiger partial charge in [0.15, 0.2) is 0 Å². The van der Waals surface area contributed by atoms with Crippen LogP contribution in [0.2, 0.25) is 0 Å². The number of benzene rings is 2. The fraction of sp³-hybridized carbons (Fsp3) is 0.250. The maximum atomic E-state index is 12.3. The highest BCUT2D eigenvalue weighted by Gasteiger charge is 2.28. The predicted octanol–water partition coefficient (Wildman–Crippen LogP) is 3.15. The lowest BCUT2D eigenvalue weighted by Gasteiger charge is -2.14. The zero-order chi connectivity index (χ0) is 17.8. The van der Waals surface area contributed by atoms with Crippen LogP contribution in [0.1, 0.15) is 41.3 Å². The van der Waals surface area contributed by atoms with E-state index in [1.165, 1.54) is 10.5 Å². The van der Waals surface area contributed by atoms with Gasteiger partial charge in [0.1, 0.15) is 0 Å². The number of nitrogens with zero attached hydrogens (tertiary/aromatic N) is 1. The molecule has 0 aromatic heterocycles. The molecule has 1 fully saturated rings. The fourth-order valence-electron chi connectivity index (χ4n) is 2.77. The SMILES string of the molecule is CCc1ccc(C(=O)Nc2ccc(CN3C(=O)CCC3=O)cc2)cc1. The molecule has 1 saturated heterocycles. The van der Waals surface area contributed by atoms with Gasteiger partial charge in [-0.25, -0.2) is 0 Å². The molecule has 1 heterocycles. The fourth-order valence-corrected chi connectivity index (χ4v) is 2.77. The quantitative estimate of drug-likeness (QED) is 0.853. The molecule has 0 unspecified atom stereocenters. The molecule has 1 N–H and O–H groups in total. The first-order chi connectivity index (χ1) is 12.1. The first kappa shape index (κ1) is 16.9. The third kappa shape index (κ3) is 3.94. The molecule has 2 aromatic carbocycles. The van der Waals surface area contributed by atoms with Crippen LogP contribution in [-0.4, -0.2) is 22.6 Å². The largest absolute Gasteiger partial charge is 0.322 e. The Balaban J connectivity index is 1.62. The molecule has 128 valence electrons. The smallest absolute Gasteiger partial charge is 0.255 e. The van der Waals surface area contributed by atoms with Crippen LogP contribution in [0.4, 0.5) is 5.69 Å². The molecule has 0 atom stereocenters. The maximum Gasteiger partial charge on any atom is 0.255 e. The average molecular weight is 336 g/mol. The molecule has 0 aliphatic carbocycles. The number of imide groups is 1. The van der Waals surface area contributed by atoms with Crippen molar-refractivity contribution in [1.29, 1.82) is 0 Å². The van der Waals surface area contributed by atoms with E-state index in [9.17, 15) is 14.4 Å². The Kier molecular flexibility index (Phi) is 4.93. The molecular formula is C20H20N2O3. The van der Waals surface area contributed by atoms with Crippen molar-refractivity contribution in [2.75, 3.05) is 5.32 Å². The lowest BCUT2D eigenvalue weighted by atomic mass is 10.1. The van der Waals surface area contributed by atoms with Crippen LogP contribution in [0.15, 0.2) is 48.5 Å². The Morgan fingerprint density at radius 1 is 0.920 bits per heavy atom. The second kappa shape index (κ2) is 7.30. The van der Waals surface area contributed by atoms with Crippen molar-refractivity contribution in [2.24, 2.45) is 0 Å². The third-order valence-electron chi connectivity index (χ3n) is 4.33. The Morgan fingerprint density at radius 2 is 1.48 bits per heavy atom. The average Bonchev–Trinajstić information content (AvgIpc) is 2.95. The van der Waals surface area contributed by atoms with Crippen molar-refractivity contribution < 1.29 is 14.4 Å². The first-order valence-corrected chi connectivity index (χ1v) is 8.39. The number of anilines is 1. The Hall–Kier alpha value is -2.95. The lowest BCUT2D eigenvalue weighted by molar-refractivity contribution is -0.139. The molecule has 0 saturated carbocycles.